The Labute approximate surface area is 196 Å². The molecule has 4 rings (SSSR count). The topological polar surface area (TPSA) is 75.8 Å². The van der Waals surface area contributed by atoms with Crippen LogP contribution in [0.25, 0.3) is 5.57 Å². The second-order valence-corrected chi connectivity index (χ2v) is 8.61. The van der Waals surface area contributed by atoms with Crippen molar-refractivity contribution in [3.8, 4) is 0 Å². The predicted molar refractivity (Wildman–Crippen MR) is 134 cm³/mol. The van der Waals surface area contributed by atoms with E-state index in [0.717, 1.165) is 53.7 Å². The molecule has 5 nitrogen and oxygen atoms in total. The lowest BCUT2D eigenvalue weighted by Gasteiger charge is -2.31. The van der Waals surface area contributed by atoms with Crippen molar-refractivity contribution in [3.05, 3.63) is 95.1 Å². The van der Waals surface area contributed by atoms with E-state index in [9.17, 15) is 9.82 Å². The zero-order valence-electron chi connectivity index (χ0n) is 19.1. The minimum Gasteiger partial charge on any atom is -0.423 e. The first-order valence-electron chi connectivity index (χ1n) is 11.6. The normalized spacial score (nSPS) is 17.4. The van der Waals surface area contributed by atoms with Crippen LogP contribution in [0.5, 0.6) is 0 Å². The number of piperidine rings is 1. The van der Waals surface area contributed by atoms with Crippen molar-refractivity contribution in [1.29, 1.82) is 0 Å². The number of likely N-dealkylation sites (tertiary alicyclic amines) is 1. The molecule has 1 saturated heterocycles. The summed E-state index contributed by atoms with van der Waals surface area (Å²) in [7, 11) is -0.838. The van der Waals surface area contributed by atoms with Crippen LogP contribution in [0, 0.1) is 0 Å². The highest BCUT2D eigenvalue weighted by atomic mass is 16.5. The van der Waals surface area contributed by atoms with E-state index in [0.29, 0.717) is 19.1 Å². The molecule has 2 aliphatic heterocycles. The number of rotatable bonds is 6. The summed E-state index contributed by atoms with van der Waals surface area (Å²) >= 11 is 0. The Morgan fingerprint density at radius 1 is 1.21 bits per heavy atom. The Kier molecular flexibility index (Phi) is 7.60. The Balaban J connectivity index is 1.38. The Bertz CT molecular complexity index is 1080. The second-order valence-electron chi connectivity index (χ2n) is 8.61. The van der Waals surface area contributed by atoms with Crippen LogP contribution in [0.15, 0.2) is 72.8 Å². The molecule has 1 amide bonds. The summed E-state index contributed by atoms with van der Waals surface area (Å²) in [5.74, 6) is 0.527. The van der Waals surface area contributed by atoms with E-state index in [2.05, 4.69) is 24.3 Å². The maximum absolute atomic E-state index is 12.7. The Morgan fingerprint density at radius 2 is 2.03 bits per heavy atom. The average Bonchev–Trinajstić information content (AvgIpc) is 3.23. The molecule has 3 N–H and O–H groups in total. The molecule has 0 unspecified atom stereocenters. The van der Waals surface area contributed by atoms with Gasteiger partial charge in [0.2, 0.25) is 5.91 Å². The van der Waals surface area contributed by atoms with E-state index in [1.165, 1.54) is 5.56 Å². The van der Waals surface area contributed by atoms with Crippen LogP contribution in [0.1, 0.15) is 47.9 Å². The van der Waals surface area contributed by atoms with E-state index >= 15 is 0 Å². The lowest BCUT2D eigenvalue weighted by atomic mass is 9.79. The van der Waals surface area contributed by atoms with Gasteiger partial charge in [0.25, 0.3) is 0 Å². The van der Waals surface area contributed by atoms with Crippen LogP contribution >= 0.6 is 0 Å². The molecule has 2 aromatic carbocycles. The first kappa shape index (κ1) is 23.2. The fourth-order valence-corrected chi connectivity index (χ4v) is 4.58. The van der Waals surface area contributed by atoms with Crippen molar-refractivity contribution in [2.75, 3.05) is 13.1 Å². The summed E-state index contributed by atoms with van der Waals surface area (Å²) in [6, 6.07) is 14.4. The van der Waals surface area contributed by atoms with Gasteiger partial charge in [-0.15, -0.1) is 0 Å². The second kappa shape index (κ2) is 10.8. The van der Waals surface area contributed by atoms with Gasteiger partial charge in [0.15, 0.2) is 0 Å². The van der Waals surface area contributed by atoms with Crippen molar-refractivity contribution in [1.82, 2.24) is 4.90 Å². The Morgan fingerprint density at radius 3 is 2.79 bits per heavy atom. The smallest absolute Gasteiger partial charge is 0.423 e. The van der Waals surface area contributed by atoms with Gasteiger partial charge in [-0.05, 0) is 65.0 Å². The van der Waals surface area contributed by atoms with E-state index in [4.69, 9.17) is 10.4 Å². The van der Waals surface area contributed by atoms with Crippen LogP contribution in [-0.2, 0) is 22.6 Å². The fourth-order valence-electron chi connectivity index (χ4n) is 4.58. The molecule has 0 radical (unpaired) electrons. The molecular weight excluding hydrogens is 411 g/mol. The van der Waals surface area contributed by atoms with Gasteiger partial charge in [-0.2, -0.15) is 0 Å². The number of fused-ring (bicyclic) bond motifs is 1. The fraction of sp³-hybridized carbons (Fsp3) is 0.296. The largest absolute Gasteiger partial charge is 0.491 e. The molecule has 0 aromatic heterocycles. The first-order valence-corrected chi connectivity index (χ1v) is 11.6. The van der Waals surface area contributed by atoms with Crippen molar-refractivity contribution in [3.63, 3.8) is 0 Å². The molecule has 0 bridgehead atoms. The molecule has 170 valence electrons. The van der Waals surface area contributed by atoms with Crippen molar-refractivity contribution in [2.24, 2.45) is 5.73 Å². The minimum absolute atomic E-state index is 0.0470. The highest BCUT2D eigenvalue weighted by Gasteiger charge is 2.27. The molecule has 0 spiro atoms. The number of allylic oxidation sites excluding steroid dienone is 5. The molecule has 1 fully saturated rings. The van der Waals surface area contributed by atoms with E-state index in [1.54, 1.807) is 6.08 Å². The maximum Gasteiger partial charge on any atom is 0.491 e. The molecule has 2 heterocycles. The lowest BCUT2D eigenvalue weighted by molar-refractivity contribution is -0.127. The standard InChI is InChI=1S/C27H31BN2O3/c1-2-5-21(24-10-11-26-25(17-24)19-33-28(26)32)7-4-9-27(31)30-14-12-22(13-15-30)23-8-3-6-20(16-23)18-29/h2-11,16-17,22,32H,12-15,18-19,29H2,1H3. The number of nitrogens with two attached hydrogens (primary N) is 1. The maximum atomic E-state index is 12.7. The predicted octanol–water partition coefficient (Wildman–Crippen LogP) is 3.28. The molecule has 0 aliphatic carbocycles. The van der Waals surface area contributed by atoms with E-state index in [1.807, 2.05) is 54.3 Å². The number of carbonyl (C=O) groups is 1. The van der Waals surface area contributed by atoms with Crippen LogP contribution < -0.4 is 11.2 Å². The minimum atomic E-state index is -0.838. The van der Waals surface area contributed by atoms with Crippen LogP contribution in [0.3, 0.4) is 0 Å². The number of amides is 1. The number of carbonyl (C=O) groups excluding carboxylic acids is 1. The zero-order valence-corrected chi connectivity index (χ0v) is 19.1. The molecular formula is C27H31BN2O3. The molecule has 0 saturated carbocycles. The molecule has 33 heavy (non-hydrogen) atoms. The number of hydrogen-bond acceptors (Lipinski definition) is 4. The summed E-state index contributed by atoms with van der Waals surface area (Å²) in [5.41, 5.74) is 12.1. The highest BCUT2D eigenvalue weighted by molar-refractivity contribution is 6.61. The van der Waals surface area contributed by atoms with Gasteiger partial charge in [0.05, 0.1) is 6.61 Å². The van der Waals surface area contributed by atoms with Crippen LogP contribution in [-0.4, -0.2) is 36.0 Å². The van der Waals surface area contributed by atoms with E-state index in [-0.39, 0.29) is 5.91 Å². The van der Waals surface area contributed by atoms with Gasteiger partial charge in [-0.25, -0.2) is 0 Å². The Hall–Kier alpha value is -2.93. The summed E-state index contributed by atoms with van der Waals surface area (Å²) in [6.45, 7) is 4.46. The molecule has 6 heteroatoms. The monoisotopic (exact) mass is 442 g/mol. The van der Waals surface area contributed by atoms with Crippen molar-refractivity contribution < 1.29 is 14.5 Å². The van der Waals surface area contributed by atoms with E-state index < -0.39 is 7.12 Å². The van der Waals surface area contributed by atoms with Gasteiger partial charge in [-0.3, -0.25) is 4.79 Å². The summed E-state index contributed by atoms with van der Waals surface area (Å²) in [4.78, 5) is 14.7. The summed E-state index contributed by atoms with van der Waals surface area (Å²) in [6.07, 6.45) is 11.4. The molecule has 2 aromatic rings. The SMILES string of the molecule is CC=CC(=CC=CC(=O)N1CCC(c2cccc(CN)c2)CC1)c1ccc2c(c1)COB2O. The lowest BCUT2D eigenvalue weighted by Crippen LogP contribution is -2.36. The first-order chi connectivity index (χ1) is 16.1. The van der Waals surface area contributed by atoms with Gasteiger partial charge in [0.1, 0.15) is 0 Å². The van der Waals surface area contributed by atoms with Crippen LogP contribution in [0.4, 0.5) is 0 Å². The third-order valence-corrected chi connectivity index (χ3v) is 6.46. The summed E-state index contributed by atoms with van der Waals surface area (Å²) < 4.78 is 5.29. The van der Waals surface area contributed by atoms with Crippen LogP contribution in [0.2, 0.25) is 0 Å². The third-order valence-electron chi connectivity index (χ3n) is 6.46. The molecule has 2 aliphatic rings. The van der Waals surface area contributed by atoms with Gasteiger partial charge >= 0.3 is 7.12 Å². The van der Waals surface area contributed by atoms with Gasteiger partial charge in [0, 0.05) is 25.7 Å². The third kappa shape index (κ3) is 5.53. The van der Waals surface area contributed by atoms with Gasteiger partial charge in [-0.1, -0.05) is 60.7 Å². The highest BCUT2D eigenvalue weighted by Crippen LogP contribution is 2.28. The van der Waals surface area contributed by atoms with Crippen molar-refractivity contribution >= 4 is 24.1 Å². The average molecular weight is 442 g/mol. The number of hydrogen-bond donors (Lipinski definition) is 2. The number of nitrogens with zero attached hydrogens (tertiary/aromatic N) is 1. The van der Waals surface area contributed by atoms with Crippen molar-refractivity contribution in [2.45, 2.75) is 38.8 Å². The quantitative estimate of drug-likeness (QED) is 0.409. The summed E-state index contributed by atoms with van der Waals surface area (Å²) in [5, 5.41) is 9.84. The number of benzene rings is 2. The molecule has 0 atom stereocenters. The van der Waals surface area contributed by atoms with Gasteiger partial charge < -0.3 is 20.3 Å². The zero-order chi connectivity index (χ0) is 23.2.